The van der Waals surface area contributed by atoms with Crippen LogP contribution in [0, 0.1) is 0 Å². The van der Waals surface area contributed by atoms with Crippen LogP contribution in [0.2, 0.25) is 0 Å². The van der Waals surface area contributed by atoms with Gasteiger partial charge in [-0.25, -0.2) is 0 Å². The zero-order valence-electron chi connectivity index (χ0n) is 5.65. The van der Waals surface area contributed by atoms with Gasteiger partial charge in [-0.2, -0.15) is 0 Å². The Kier molecular flexibility index (Phi) is 3.65. The van der Waals surface area contributed by atoms with Gasteiger partial charge in [-0.1, -0.05) is 0 Å². The maximum absolute atomic E-state index is 8.74. The summed E-state index contributed by atoms with van der Waals surface area (Å²) in [5.74, 6) is 0. The molecular formula is H2B4O7Se. The molecule has 0 aromatic carbocycles. The Morgan fingerprint density at radius 1 is 0.667 bits per heavy atom. The summed E-state index contributed by atoms with van der Waals surface area (Å²) < 4.78 is 22.6. The third kappa shape index (κ3) is 2.25. The minimum Gasteiger partial charge on any atom is -0.403 e. The van der Waals surface area contributed by atoms with Crippen LogP contribution in [0.5, 0.6) is 0 Å². The van der Waals surface area contributed by atoms with Crippen molar-refractivity contribution in [3.63, 3.8) is 0 Å². The smallest absolute Gasteiger partial charge is 0.403 e. The molecule has 2 radical (unpaired) electrons. The van der Waals surface area contributed by atoms with E-state index in [1.165, 1.54) is 0 Å². The van der Waals surface area contributed by atoms with E-state index in [2.05, 4.69) is 22.9 Å². The van der Waals surface area contributed by atoms with Crippen molar-refractivity contribution in [2.75, 3.05) is 0 Å². The van der Waals surface area contributed by atoms with Crippen molar-refractivity contribution >= 4 is 46.4 Å². The Morgan fingerprint density at radius 2 is 1.00 bits per heavy atom. The number of hydrogen-bond donors (Lipinski definition) is 2. The SMILES string of the molecule is OB1OB2OB(O)OB(O1)O2.[Se]. The quantitative estimate of drug-likeness (QED) is 0.425. The van der Waals surface area contributed by atoms with E-state index in [1.807, 2.05) is 0 Å². The maximum atomic E-state index is 8.74. The Labute approximate surface area is 79.8 Å². The fourth-order valence-corrected chi connectivity index (χ4v) is 0.728. The van der Waals surface area contributed by atoms with Crippen molar-refractivity contribution in [2.24, 2.45) is 0 Å². The number of rotatable bonds is 0. The van der Waals surface area contributed by atoms with Crippen molar-refractivity contribution in [1.82, 2.24) is 0 Å². The molecule has 0 atom stereocenters. The molecule has 0 saturated carbocycles. The van der Waals surface area contributed by atoms with Gasteiger partial charge in [0.2, 0.25) is 0 Å². The molecule has 2 N–H and O–H groups in total. The van der Waals surface area contributed by atoms with Crippen LogP contribution in [0.25, 0.3) is 0 Å². The molecule has 0 amide bonds. The summed E-state index contributed by atoms with van der Waals surface area (Å²) in [6, 6.07) is 0. The first-order chi connectivity index (χ1) is 5.24. The molecule has 2 aliphatic rings. The predicted molar refractivity (Wildman–Crippen MR) is 38.6 cm³/mol. The van der Waals surface area contributed by atoms with Crippen LogP contribution in [0.4, 0.5) is 0 Å². The molecule has 2 bridgehead atoms. The summed E-state index contributed by atoms with van der Waals surface area (Å²) in [6.45, 7) is 0. The van der Waals surface area contributed by atoms with Crippen LogP contribution in [-0.2, 0) is 22.9 Å². The molecule has 62 valence electrons. The van der Waals surface area contributed by atoms with Gasteiger partial charge in [0, 0.05) is 17.1 Å². The zero-order chi connectivity index (χ0) is 7.84. The average Bonchev–Trinajstić information content (AvgIpc) is 1.82. The fraction of sp³-hybridized carbons (Fsp3) is 0. The van der Waals surface area contributed by atoms with Crippen LogP contribution < -0.4 is 0 Å². The third-order valence-electron chi connectivity index (χ3n) is 1.13. The minimum absolute atomic E-state index is 0. The first kappa shape index (κ1) is 10.6. The van der Waals surface area contributed by atoms with Gasteiger partial charge in [0.25, 0.3) is 0 Å². The molecule has 12 heteroatoms. The Balaban J connectivity index is 0.000000720. The largest absolute Gasteiger partial charge is 0.612 e. The van der Waals surface area contributed by atoms with Crippen molar-refractivity contribution in [2.45, 2.75) is 0 Å². The predicted octanol–water partition coefficient (Wildman–Crippen LogP) is -3.36. The Hall–Kier alpha value is 0.499. The third-order valence-corrected chi connectivity index (χ3v) is 1.13. The molecule has 2 aliphatic heterocycles. The second-order valence-corrected chi connectivity index (χ2v) is 1.87. The van der Waals surface area contributed by atoms with Gasteiger partial charge in [0.15, 0.2) is 0 Å². The van der Waals surface area contributed by atoms with E-state index in [4.69, 9.17) is 10.0 Å². The van der Waals surface area contributed by atoms with Gasteiger partial charge in [-0.15, -0.1) is 0 Å². The van der Waals surface area contributed by atoms with E-state index >= 15 is 0 Å². The summed E-state index contributed by atoms with van der Waals surface area (Å²) in [4.78, 5) is 0. The normalized spacial score (nSPS) is 22.5. The van der Waals surface area contributed by atoms with Crippen molar-refractivity contribution < 1.29 is 32.9 Å². The van der Waals surface area contributed by atoms with E-state index in [1.54, 1.807) is 0 Å². The van der Waals surface area contributed by atoms with Crippen LogP contribution in [0.15, 0.2) is 0 Å². The first-order valence-corrected chi connectivity index (χ1v) is 2.87. The molecule has 0 spiro atoms. The molecule has 7 nitrogen and oxygen atoms in total. The topological polar surface area (TPSA) is 86.6 Å². The molecule has 2 saturated heterocycles. The molecule has 0 aliphatic carbocycles. The maximum Gasteiger partial charge on any atom is 0.612 e. The van der Waals surface area contributed by atoms with Crippen LogP contribution in [-0.4, -0.2) is 56.4 Å². The van der Waals surface area contributed by atoms with E-state index in [0.29, 0.717) is 0 Å². The molecular weight excluding hydrogens is 234 g/mol. The summed E-state index contributed by atoms with van der Waals surface area (Å²) in [7, 11) is -5.20. The molecule has 12 heavy (non-hydrogen) atoms. The fourth-order valence-electron chi connectivity index (χ4n) is 0.728. The van der Waals surface area contributed by atoms with Gasteiger partial charge in [-0.3, -0.25) is 0 Å². The molecule has 2 rings (SSSR count). The van der Waals surface area contributed by atoms with Gasteiger partial charge < -0.3 is 32.9 Å². The van der Waals surface area contributed by atoms with E-state index < -0.39 is 29.3 Å². The van der Waals surface area contributed by atoms with Crippen molar-refractivity contribution in [1.29, 1.82) is 0 Å². The molecule has 0 unspecified atom stereocenters. The summed E-state index contributed by atoms with van der Waals surface area (Å²) >= 11 is 0. The Bertz CT molecular complexity index is 121. The molecule has 2 heterocycles. The monoisotopic (exact) mass is 238 g/mol. The van der Waals surface area contributed by atoms with E-state index in [-0.39, 0.29) is 17.1 Å². The van der Waals surface area contributed by atoms with Crippen LogP contribution in [0.1, 0.15) is 0 Å². The zero-order valence-corrected chi connectivity index (χ0v) is 7.37. The second-order valence-electron chi connectivity index (χ2n) is 1.87. The summed E-state index contributed by atoms with van der Waals surface area (Å²) in [5, 5.41) is 17.5. The number of hydrogen-bond acceptors (Lipinski definition) is 7. The Morgan fingerprint density at radius 3 is 1.33 bits per heavy atom. The standard InChI is InChI=1S/B4H2O7.Se/c5-1-7-3-9-2(6)10-4(8-1)11-3;/h5-6H;. The number of fused-ring (bicyclic) bond motifs is 2. The first-order valence-electron chi connectivity index (χ1n) is 2.87. The molecule has 0 aromatic rings. The van der Waals surface area contributed by atoms with Gasteiger partial charge >= 0.3 is 29.3 Å². The van der Waals surface area contributed by atoms with Crippen LogP contribution >= 0.6 is 0 Å². The second kappa shape index (κ2) is 4.14. The summed E-state index contributed by atoms with van der Waals surface area (Å²) in [6.07, 6.45) is 0. The van der Waals surface area contributed by atoms with Crippen molar-refractivity contribution in [3.8, 4) is 0 Å². The average molecular weight is 236 g/mol. The van der Waals surface area contributed by atoms with E-state index in [0.717, 1.165) is 0 Å². The molecule has 0 aromatic heterocycles. The van der Waals surface area contributed by atoms with E-state index in [9.17, 15) is 0 Å². The van der Waals surface area contributed by atoms with Crippen molar-refractivity contribution in [3.05, 3.63) is 0 Å². The van der Waals surface area contributed by atoms with Gasteiger partial charge in [0.05, 0.1) is 0 Å². The van der Waals surface area contributed by atoms with Crippen LogP contribution in [0.3, 0.4) is 0 Å². The molecule has 2 fully saturated rings. The van der Waals surface area contributed by atoms with Gasteiger partial charge in [-0.05, 0) is 0 Å². The van der Waals surface area contributed by atoms with Gasteiger partial charge in [0.1, 0.15) is 0 Å². The minimum atomic E-state index is -1.45. The summed E-state index contributed by atoms with van der Waals surface area (Å²) in [5.41, 5.74) is 0.